The molecule has 1 atom stereocenters. The summed E-state index contributed by atoms with van der Waals surface area (Å²) < 4.78 is 0.525. The minimum atomic E-state index is -0.400. The molecule has 0 saturated heterocycles. The first-order valence-electron chi connectivity index (χ1n) is 5.82. The Balaban J connectivity index is 2.62. The molecule has 1 aromatic rings. The minimum absolute atomic E-state index is 0.0808. The van der Waals surface area contributed by atoms with Gasteiger partial charge in [0.25, 0.3) is 5.69 Å². The fourth-order valence-corrected chi connectivity index (χ4v) is 2.18. The highest BCUT2D eigenvalue weighted by molar-refractivity contribution is 9.10. The third-order valence-electron chi connectivity index (χ3n) is 2.69. The van der Waals surface area contributed by atoms with Crippen LogP contribution in [0.1, 0.15) is 25.3 Å². The van der Waals surface area contributed by atoms with Crippen LogP contribution < -0.4 is 5.32 Å². The van der Waals surface area contributed by atoms with Crippen LogP contribution >= 0.6 is 15.9 Å². The Kier molecular flexibility index (Phi) is 6.24. The molecule has 6 heteroatoms. The van der Waals surface area contributed by atoms with E-state index in [4.69, 9.17) is 5.11 Å². The van der Waals surface area contributed by atoms with E-state index in [0.717, 1.165) is 18.4 Å². The SMILES string of the molecule is CC(CCCO)NCc1cccc([N+](=O)[O-])c1Br. The Morgan fingerprint density at radius 1 is 1.56 bits per heavy atom. The van der Waals surface area contributed by atoms with Crippen molar-refractivity contribution in [3.8, 4) is 0 Å². The molecule has 0 aliphatic heterocycles. The summed E-state index contributed by atoms with van der Waals surface area (Å²) in [6, 6.07) is 5.27. The number of nitrogens with zero attached hydrogens (tertiary/aromatic N) is 1. The molecule has 0 saturated carbocycles. The van der Waals surface area contributed by atoms with E-state index in [-0.39, 0.29) is 18.3 Å². The number of halogens is 1. The summed E-state index contributed by atoms with van der Waals surface area (Å²) >= 11 is 3.26. The normalized spacial score (nSPS) is 12.4. The van der Waals surface area contributed by atoms with Gasteiger partial charge in [-0.3, -0.25) is 10.1 Å². The van der Waals surface area contributed by atoms with Gasteiger partial charge in [-0.05, 0) is 41.3 Å². The number of nitro benzene ring substituents is 1. The summed E-state index contributed by atoms with van der Waals surface area (Å²) in [5.74, 6) is 0. The van der Waals surface area contributed by atoms with Crippen molar-refractivity contribution < 1.29 is 10.0 Å². The number of hydrogen-bond acceptors (Lipinski definition) is 4. The van der Waals surface area contributed by atoms with E-state index in [1.54, 1.807) is 6.07 Å². The highest BCUT2D eigenvalue weighted by atomic mass is 79.9. The Morgan fingerprint density at radius 2 is 2.28 bits per heavy atom. The number of hydrogen-bond donors (Lipinski definition) is 2. The molecular formula is C12H17BrN2O3. The molecule has 1 aromatic carbocycles. The molecule has 0 amide bonds. The molecule has 0 aliphatic carbocycles. The van der Waals surface area contributed by atoms with Gasteiger partial charge in [-0.15, -0.1) is 0 Å². The summed E-state index contributed by atoms with van der Waals surface area (Å²) in [5.41, 5.74) is 0.942. The molecule has 0 aliphatic rings. The molecule has 0 bridgehead atoms. The van der Waals surface area contributed by atoms with E-state index >= 15 is 0 Å². The van der Waals surface area contributed by atoms with Gasteiger partial charge in [0.1, 0.15) is 0 Å². The van der Waals surface area contributed by atoms with Gasteiger partial charge in [0.05, 0.1) is 9.40 Å². The summed E-state index contributed by atoms with van der Waals surface area (Å²) in [5, 5.41) is 22.8. The van der Waals surface area contributed by atoms with Crippen LogP contribution in [0.4, 0.5) is 5.69 Å². The standard InChI is InChI=1S/C12H17BrN2O3/c1-9(4-3-7-16)14-8-10-5-2-6-11(12(10)13)15(17)18/h2,5-6,9,14,16H,3-4,7-8H2,1H3. The summed E-state index contributed by atoms with van der Waals surface area (Å²) in [6.07, 6.45) is 1.63. The number of nitrogens with one attached hydrogen (secondary N) is 1. The number of aliphatic hydroxyl groups excluding tert-OH is 1. The fourth-order valence-electron chi connectivity index (χ4n) is 1.63. The maximum absolute atomic E-state index is 10.8. The topological polar surface area (TPSA) is 75.4 Å². The monoisotopic (exact) mass is 316 g/mol. The molecule has 0 spiro atoms. The molecule has 1 rings (SSSR count). The maximum atomic E-state index is 10.8. The van der Waals surface area contributed by atoms with Gasteiger partial charge in [0.2, 0.25) is 0 Å². The second-order valence-electron chi connectivity index (χ2n) is 4.16. The molecule has 0 aromatic heterocycles. The lowest BCUT2D eigenvalue weighted by Crippen LogP contribution is -2.25. The van der Waals surface area contributed by atoms with E-state index in [0.29, 0.717) is 11.0 Å². The van der Waals surface area contributed by atoms with Crippen LogP contribution in [0.5, 0.6) is 0 Å². The lowest BCUT2D eigenvalue weighted by atomic mass is 10.1. The van der Waals surface area contributed by atoms with Crippen molar-refractivity contribution in [2.24, 2.45) is 0 Å². The Labute approximate surface area is 114 Å². The number of rotatable bonds is 7. The van der Waals surface area contributed by atoms with Crippen molar-refractivity contribution in [2.45, 2.75) is 32.4 Å². The number of aliphatic hydroxyl groups is 1. The van der Waals surface area contributed by atoms with Crippen molar-refractivity contribution >= 4 is 21.6 Å². The smallest absolute Gasteiger partial charge is 0.283 e. The van der Waals surface area contributed by atoms with Gasteiger partial charge in [-0.2, -0.15) is 0 Å². The van der Waals surface area contributed by atoms with Crippen LogP contribution in [-0.4, -0.2) is 22.7 Å². The molecule has 1 unspecified atom stereocenters. The van der Waals surface area contributed by atoms with E-state index in [1.807, 2.05) is 13.0 Å². The van der Waals surface area contributed by atoms with E-state index in [9.17, 15) is 10.1 Å². The van der Waals surface area contributed by atoms with Crippen LogP contribution in [0.25, 0.3) is 0 Å². The second-order valence-corrected chi connectivity index (χ2v) is 4.95. The summed E-state index contributed by atoms with van der Waals surface area (Å²) in [6.45, 7) is 2.78. The van der Waals surface area contributed by atoms with Crippen LogP contribution in [0.15, 0.2) is 22.7 Å². The largest absolute Gasteiger partial charge is 0.396 e. The Morgan fingerprint density at radius 3 is 2.89 bits per heavy atom. The first-order valence-corrected chi connectivity index (χ1v) is 6.61. The first kappa shape index (κ1) is 15.1. The van der Waals surface area contributed by atoms with Crippen LogP contribution in [0.2, 0.25) is 0 Å². The molecule has 0 radical (unpaired) electrons. The first-order chi connectivity index (χ1) is 8.56. The molecule has 5 nitrogen and oxygen atoms in total. The van der Waals surface area contributed by atoms with E-state index < -0.39 is 4.92 Å². The van der Waals surface area contributed by atoms with Crippen LogP contribution in [0.3, 0.4) is 0 Å². The quantitative estimate of drug-likeness (QED) is 0.599. The van der Waals surface area contributed by atoms with Gasteiger partial charge in [0, 0.05) is 25.3 Å². The average Bonchev–Trinajstić information content (AvgIpc) is 2.34. The summed E-state index contributed by atoms with van der Waals surface area (Å²) in [4.78, 5) is 10.4. The van der Waals surface area contributed by atoms with Crippen molar-refractivity contribution in [1.82, 2.24) is 5.32 Å². The van der Waals surface area contributed by atoms with E-state index in [1.165, 1.54) is 6.07 Å². The lowest BCUT2D eigenvalue weighted by Gasteiger charge is -2.13. The highest BCUT2D eigenvalue weighted by Crippen LogP contribution is 2.28. The zero-order chi connectivity index (χ0) is 13.5. The second kappa shape index (κ2) is 7.45. The van der Waals surface area contributed by atoms with Crippen molar-refractivity contribution in [1.29, 1.82) is 0 Å². The van der Waals surface area contributed by atoms with Gasteiger partial charge < -0.3 is 10.4 Å². The molecule has 18 heavy (non-hydrogen) atoms. The molecule has 100 valence electrons. The molecule has 2 N–H and O–H groups in total. The highest BCUT2D eigenvalue weighted by Gasteiger charge is 2.14. The fraction of sp³-hybridized carbons (Fsp3) is 0.500. The average molecular weight is 317 g/mol. The third-order valence-corrected chi connectivity index (χ3v) is 3.61. The Bertz CT molecular complexity index is 412. The van der Waals surface area contributed by atoms with Gasteiger partial charge >= 0.3 is 0 Å². The lowest BCUT2D eigenvalue weighted by molar-refractivity contribution is -0.385. The van der Waals surface area contributed by atoms with Gasteiger partial charge in [-0.1, -0.05) is 12.1 Å². The van der Waals surface area contributed by atoms with Gasteiger partial charge in [0.15, 0.2) is 0 Å². The molecule has 0 fully saturated rings. The summed E-state index contributed by atoms with van der Waals surface area (Å²) in [7, 11) is 0. The predicted octanol–water partition coefficient (Wildman–Crippen LogP) is 2.61. The van der Waals surface area contributed by atoms with Crippen molar-refractivity contribution in [3.05, 3.63) is 38.3 Å². The van der Waals surface area contributed by atoms with Crippen molar-refractivity contribution in [3.63, 3.8) is 0 Å². The number of benzene rings is 1. The molecular weight excluding hydrogens is 300 g/mol. The van der Waals surface area contributed by atoms with Crippen LogP contribution in [-0.2, 0) is 6.54 Å². The minimum Gasteiger partial charge on any atom is -0.396 e. The molecule has 0 heterocycles. The predicted molar refractivity (Wildman–Crippen MR) is 73.4 cm³/mol. The van der Waals surface area contributed by atoms with Gasteiger partial charge in [-0.25, -0.2) is 0 Å². The van der Waals surface area contributed by atoms with E-state index in [2.05, 4.69) is 21.2 Å². The zero-order valence-electron chi connectivity index (χ0n) is 10.2. The van der Waals surface area contributed by atoms with Crippen LogP contribution in [0, 0.1) is 10.1 Å². The Hall–Kier alpha value is -0.980. The maximum Gasteiger partial charge on any atom is 0.283 e. The number of nitro groups is 1. The van der Waals surface area contributed by atoms with Crippen molar-refractivity contribution in [2.75, 3.05) is 6.61 Å². The third kappa shape index (κ3) is 4.36. The zero-order valence-corrected chi connectivity index (χ0v) is 11.8.